The summed E-state index contributed by atoms with van der Waals surface area (Å²) in [5, 5.41) is 12.1. The number of nitrogens with zero attached hydrogens (tertiary/aromatic N) is 6. The Hall–Kier alpha value is -3.34. The van der Waals surface area contributed by atoms with Gasteiger partial charge in [-0.15, -0.1) is 11.3 Å². The highest BCUT2D eigenvalue weighted by Crippen LogP contribution is 2.31. The minimum Gasteiger partial charge on any atom is -0.396 e. The molecular weight excluding hydrogens is 539 g/mol. The molecule has 2 saturated heterocycles. The van der Waals surface area contributed by atoms with Crippen molar-refractivity contribution in [1.82, 2.24) is 24.2 Å². The Kier molecular flexibility index (Phi) is 8.05. The number of imidazole rings is 1. The number of anilines is 1. The number of aliphatic hydroxyl groups is 1. The minimum atomic E-state index is -0.249. The third-order valence-corrected chi connectivity index (χ3v) is 9.44. The number of aromatic nitrogens is 3. The van der Waals surface area contributed by atoms with Gasteiger partial charge < -0.3 is 19.3 Å². The fraction of sp³-hybridized carbons (Fsp3) is 0.452. The monoisotopic (exact) mass is 576 g/mol. The number of halogens is 1. The van der Waals surface area contributed by atoms with Gasteiger partial charge in [-0.05, 0) is 74.2 Å². The maximum atomic E-state index is 13.4. The molecule has 0 bridgehead atoms. The Morgan fingerprint density at radius 2 is 1.88 bits per heavy atom. The van der Waals surface area contributed by atoms with Crippen LogP contribution in [0.2, 0.25) is 0 Å². The highest BCUT2D eigenvalue weighted by Gasteiger charge is 2.31. The maximum absolute atomic E-state index is 13.4. The largest absolute Gasteiger partial charge is 0.396 e. The van der Waals surface area contributed by atoms with Gasteiger partial charge in [0.25, 0.3) is 0 Å². The first-order chi connectivity index (χ1) is 19.9. The van der Waals surface area contributed by atoms with Crippen LogP contribution >= 0.6 is 11.3 Å². The molecule has 1 amide bonds. The summed E-state index contributed by atoms with van der Waals surface area (Å²) in [7, 11) is 2.05. The van der Waals surface area contributed by atoms with Gasteiger partial charge in [-0.1, -0.05) is 13.0 Å². The fourth-order valence-corrected chi connectivity index (χ4v) is 6.74. The molecule has 3 aromatic heterocycles. The van der Waals surface area contributed by atoms with E-state index in [0.717, 1.165) is 60.1 Å². The number of aliphatic hydroxyl groups excluding tert-OH is 1. The second-order valence-electron chi connectivity index (χ2n) is 11.3. The first-order valence-electron chi connectivity index (χ1n) is 14.4. The average Bonchev–Trinajstić information content (AvgIpc) is 3.58. The molecule has 2 aliphatic rings. The second kappa shape index (κ2) is 11.9. The number of aryl methyl sites for hydroxylation is 1. The number of amides is 1. The number of rotatable bonds is 9. The van der Waals surface area contributed by atoms with Gasteiger partial charge in [0.2, 0.25) is 5.91 Å². The molecular formula is C31H37FN6O2S. The van der Waals surface area contributed by atoms with Crippen LogP contribution in [-0.4, -0.2) is 81.6 Å². The lowest BCUT2D eigenvalue weighted by atomic mass is 9.90. The number of hydrogen-bond acceptors (Lipinski definition) is 7. The summed E-state index contributed by atoms with van der Waals surface area (Å²) < 4.78 is 15.6. The second-order valence-corrected chi connectivity index (χ2v) is 12.2. The van der Waals surface area contributed by atoms with Crippen LogP contribution in [0.4, 0.5) is 9.52 Å². The first-order valence-corrected chi connectivity index (χ1v) is 15.3. The lowest BCUT2D eigenvalue weighted by molar-refractivity contribution is -0.139. The van der Waals surface area contributed by atoms with E-state index in [9.17, 15) is 14.3 Å². The smallest absolute Gasteiger partial charge is 0.236 e. The molecule has 4 aromatic rings. The number of pyridine rings is 1. The van der Waals surface area contributed by atoms with Crippen molar-refractivity contribution in [3.63, 3.8) is 0 Å². The molecule has 2 fully saturated rings. The Morgan fingerprint density at radius 3 is 2.59 bits per heavy atom. The zero-order chi connectivity index (χ0) is 28.5. The van der Waals surface area contributed by atoms with Crippen molar-refractivity contribution in [2.24, 2.45) is 5.92 Å². The summed E-state index contributed by atoms with van der Waals surface area (Å²) in [6.07, 6.45) is 5.15. The molecule has 1 N–H and O–H groups in total. The maximum Gasteiger partial charge on any atom is 0.236 e. The lowest BCUT2D eigenvalue weighted by Crippen LogP contribution is -2.54. The molecule has 6 rings (SSSR count). The predicted octanol–water partition coefficient (Wildman–Crippen LogP) is 4.43. The quantitative estimate of drug-likeness (QED) is 0.318. The Labute approximate surface area is 244 Å². The van der Waals surface area contributed by atoms with Gasteiger partial charge in [0.1, 0.15) is 11.5 Å². The van der Waals surface area contributed by atoms with Gasteiger partial charge in [0.05, 0.1) is 30.2 Å². The number of likely N-dealkylation sites (tertiary alicyclic amines) is 2. The molecule has 0 saturated carbocycles. The molecule has 216 valence electrons. The minimum absolute atomic E-state index is 0.164. The molecule has 10 heteroatoms. The van der Waals surface area contributed by atoms with Crippen LogP contribution in [0.25, 0.3) is 16.9 Å². The zero-order valence-electron chi connectivity index (χ0n) is 23.7. The van der Waals surface area contributed by atoms with Crippen molar-refractivity contribution in [1.29, 1.82) is 0 Å². The summed E-state index contributed by atoms with van der Waals surface area (Å²) >= 11 is 1.58. The lowest BCUT2D eigenvalue weighted by Gasteiger charge is -2.40. The van der Waals surface area contributed by atoms with E-state index in [1.807, 2.05) is 10.3 Å². The van der Waals surface area contributed by atoms with E-state index >= 15 is 0 Å². The van der Waals surface area contributed by atoms with Crippen LogP contribution in [0.5, 0.6) is 0 Å². The van der Waals surface area contributed by atoms with Crippen LogP contribution in [0.1, 0.15) is 42.6 Å². The van der Waals surface area contributed by atoms with E-state index in [2.05, 4.69) is 46.5 Å². The molecule has 8 nitrogen and oxygen atoms in total. The van der Waals surface area contributed by atoms with Crippen LogP contribution < -0.4 is 4.90 Å². The van der Waals surface area contributed by atoms with E-state index in [1.54, 1.807) is 23.5 Å². The average molecular weight is 577 g/mol. The summed E-state index contributed by atoms with van der Waals surface area (Å²) in [5.74, 6) is 0.629. The Balaban J connectivity index is 1.13. The standard InChI is InChI=1S/C31H37FN6O2S/c1-3-26-28(17-35(2)31-34-27(20-41-31)23-4-7-25(32)8-5-23)38-16-24(6-9-29(38)33-26)22-10-12-36(13-11-22)18-30(40)37-14-21(15-37)19-39/h4-9,16,20-22,39H,3,10-15,17-19H2,1-2H3. The molecule has 0 unspecified atom stereocenters. The summed E-state index contributed by atoms with van der Waals surface area (Å²) in [6.45, 7) is 6.65. The highest BCUT2D eigenvalue weighted by molar-refractivity contribution is 7.14. The summed E-state index contributed by atoms with van der Waals surface area (Å²) in [4.78, 5) is 28.6. The van der Waals surface area contributed by atoms with E-state index in [1.165, 1.54) is 23.4 Å². The first kappa shape index (κ1) is 27.8. The predicted molar refractivity (Wildman–Crippen MR) is 160 cm³/mol. The van der Waals surface area contributed by atoms with Gasteiger partial charge in [-0.2, -0.15) is 0 Å². The summed E-state index contributed by atoms with van der Waals surface area (Å²) in [5.41, 5.74) is 6.28. The van der Waals surface area contributed by atoms with Crippen molar-refractivity contribution in [3.05, 3.63) is 70.7 Å². The fourth-order valence-electron chi connectivity index (χ4n) is 5.94. The van der Waals surface area contributed by atoms with E-state index in [4.69, 9.17) is 9.97 Å². The number of piperidine rings is 1. The van der Waals surface area contributed by atoms with Crippen molar-refractivity contribution in [3.8, 4) is 11.3 Å². The zero-order valence-corrected chi connectivity index (χ0v) is 24.5. The Morgan fingerprint density at radius 1 is 1.12 bits per heavy atom. The van der Waals surface area contributed by atoms with Crippen molar-refractivity contribution in [2.75, 3.05) is 51.3 Å². The number of carbonyl (C=O) groups excluding carboxylic acids is 1. The number of carbonyl (C=O) groups is 1. The SMILES string of the molecule is CCc1nc2ccc(C3CCN(CC(=O)N4CC(CO)C4)CC3)cn2c1CN(C)c1nc(-c2ccc(F)cc2)cs1. The third-order valence-electron chi connectivity index (χ3n) is 8.49. The van der Waals surface area contributed by atoms with Crippen molar-refractivity contribution < 1.29 is 14.3 Å². The molecule has 0 spiro atoms. The number of hydrogen-bond donors (Lipinski definition) is 1. The van der Waals surface area contributed by atoms with Gasteiger partial charge in [-0.3, -0.25) is 9.69 Å². The topological polar surface area (TPSA) is 77.2 Å². The van der Waals surface area contributed by atoms with Crippen molar-refractivity contribution in [2.45, 2.75) is 38.6 Å². The van der Waals surface area contributed by atoms with Crippen molar-refractivity contribution >= 4 is 28.0 Å². The van der Waals surface area contributed by atoms with E-state index in [0.29, 0.717) is 32.1 Å². The molecule has 1 aromatic carbocycles. The van der Waals surface area contributed by atoms with Gasteiger partial charge >= 0.3 is 0 Å². The van der Waals surface area contributed by atoms with Crippen LogP contribution in [0.15, 0.2) is 48.0 Å². The molecule has 5 heterocycles. The normalized spacial score (nSPS) is 16.8. The number of benzene rings is 1. The van der Waals surface area contributed by atoms with E-state index < -0.39 is 0 Å². The van der Waals surface area contributed by atoms with Crippen LogP contribution in [0, 0.1) is 11.7 Å². The summed E-state index contributed by atoms with van der Waals surface area (Å²) in [6, 6.07) is 10.8. The van der Waals surface area contributed by atoms with E-state index in [-0.39, 0.29) is 24.2 Å². The van der Waals surface area contributed by atoms with Gasteiger partial charge in [-0.25, -0.2) is 14.4 Å². The van der Waals surface area contributed by atoms with Crippen LogP contribution in [-0.2, 0) is 17.8 Å². The van der Waals surface area contributed by atoms with Gasteiger partial charge in [0.15, 0.2) is 5.13 Å². The molecule has 41 heavy (non-hydrogen) atoms. The Bertz CT molecular complexity index is 1500. The highest BCUT2D eigenvalue weighted by atomic mass is 32.1. The van der Waals surface area contributed by atoms with Crippen LogP contribution in [0.3, 0.4) is 0 Å². The molecule has 0 radical (unpaired) electrons. The number of fused-ring (bicyclic) bond motifs is 1. The van der Waals surface area contributed by atoms with Gasteiger partial charge in [0, 0.05) is 49.8 Å². The molecule has 0 atom stereocenters. The molecule has 0 aliphatic carbocycles. The third kappa shape index (κ3) is 5.86. The molecule has 2 aliphatic heterocycles. The number of thiazole rings is 1.